The molecule has 2 atom stereocenters. The Hall–Kier alpha value is -1.16. The van der Waals surface area contributed by atoms with E-state index in [4.69, 9.17) is 4.84 Å². The van der Waals surface area contributed by atoms with Gasteiger partial charge in [-0.3, -0.25) is 0 Å². The molecule has 1 aromatic carbocycles. The van der Waals surface area contributed by atoms with E-state index in [0.717, 1.165) is 23.0 Å². The van der Waals surface area contributed by atoms with Crippen molar-refractivity contribution < 1.29 is 9.63 Å². The Bertz CT molecular complexity index is 606. The number of oxime groups is 1. The fourth-order valence-corrected chi connectivity index (χ4v) is 4.07. The molecular weight excluding hydrogens is 330 g/mol. The van der Waals surface area contributed by atoms with Crippen LogP contribution >= 0.6 is 15.9 Å². The fraction of sp³-hybridized carbons (Fsp3) is 0.529. The maximum Gasteiger partial charge on any atom is 0.365 e. The van der Waals surface area contributed by atoms with Crippen LogP contribution in [-0.2, 0) is 4.84 Å². The molecule has 112 valence electrons. The zero-order valence-electron chi connectivity index (χ0n) is 12.6. The number of fused-ring (bicyclic) bond motifs is 2. The molecule has 21 heavy (non-hydrogen) atoms. The molecule has 2 saturated carbocycles. The molecule has 1 aromatic rings. The Labute approximate surface area is 133 Å². The van der Waals surface area contributed by atoms with Gasteiger partial charge in [0, 0.05) is 9.89 Å². The summed E-state index contributed by atoms with van der Waals surface area (Å²) in [5.41, 5.74) is 1.89. The van der Waals surface area contributed by atoms with Crippen LogP contribution in [0.25, 0.3) is 0 Å². The third-order valence-corrected chi connectivity index (χ3v) is 6.36. The van der Waals surface area contributed by atoms with E-state index in [1.54, 1.807) is 12.1 Å². The van der Waals surface area contributed by atoms with Crippen LogP contribution in [0.3, 0.4) is 0 Å². The molecule has 3 nitrogen and oxygen atoms in total. The van der Waals surface area contributed by atoms with Crippen LogP contribution in [0.4, 0.5) is 0 Å². The number of halogens is 1. The highest BCUT2D eigenvalue weighted by atomic mass is 79.9. The van der Waals surface area contributed by atoms with Crippen molar-refractivity contribution in [2.24, 2.45) is 21.9 Å². The normalized spacial score (nSPS) is 31.6. The second-order valence-electron chi connectivity index (χ2n) is 6.92. The van der Waals surface area contributed by atoms with E-state index in [9.17, 15) is 4.79 Å². The average molecular weight is 350 g/mol. The fourth-order valence-electron chi connectivity index (χ4n) is 3.80. The number of carbonyl (C=O) groups is 1. The highest BCUT2D eigenvalue weighted by Gasteiger charge is 2.60. The lowest BCUT2D eigenvalue weighted by molar-refractivity contribution is 0.0508. The summed E-state index contributed by atoms with van der Waals surface area (Å²) in [6.45, 7) is 6.87. The maximum absolute atomic E-state index is 12.0. The molecular formula is C17H20BrNO2. The summed E-state index contributed by atoms with van der Waals surface area (Å²) in [5, 5.41) is 4.23. The van der Waals surface area contributed by atoms with E-state index in [1.165, 1.54) is 6.42 Å². The van der Waals surface area contributed by atoms with Gasteiger partial charge in [-0.05, 0) is 54.9 Å². The Morgan fingerprint density at radius 1 is 1.29 bits per heavy atom. The average Bonchev–Trinajstić information content (AvgIpc) is 2.78. The molecule has 2 aliphatic rings. The molecule has 0 heterocycles. The lowest BCUT2D eigenvalue weighted by Gasteiger charge is -2.34. The minimum absolute atomic E-state index is 0.0671. The van der Waals surface area contributed by atoms with Crippen LogP contribution in [0.1, 0.15) is 50.4 Å². The van der Waals surface area contributed by atoms with E-state index >= 15 is 0 Å². The summed E-state index contributed by atoms with van der Waals surface area (Å²) in [6, 6.07) is 7.12. The lowest BCUT2D eigenvalue weighted by atomic mass is 9.70. The van der Waals surface area contributed by atoms with E-state index in [-0.39, 0.29) is 16.8 Å². The standard InChI is InChI=1S/C17H20BrNO2/c1-16(2)12-8-9-17(16,3)14(10-12)19-21-15(20)11-4-6-13(18)7-5-11/h4-7,12H,8-10H2,1-3H3/t12-,17+/m1/s1. The molecule has 2 fully saturated rings. The van der Waals surface area contributed by atoms with Gasteiger partial charge in [-0.1, -0.05) is 41.9 Å². The van der Waals surface area contributed by atoms with Crippen molar-refractivity contribution in [2.45, 2.75) is 40.0 Å². The molecule has 4 heteroatoms. The third kappa shape index (κ3) is 2.24. The molecule has 3 rings (SSSR count). The smallest absolute Gasteiger partial charge is 0.313 e. The molecule has 0 saturated heterocycles. The zero-order chi connectivity index (χ0) is 15.3. The van der Waals surface area contributed by atoms with Gasteiger partial charge >= 0.3 is 5.97 Å². The molecule has 2 aliphatic carbocycles. The number of hydrogen-bond acceptors (Lipinski definition) is 3. The van der Waals surface area contributed by atoms with E-state index in [1.807, 2.05) is 12.1 Å². The van der Waals surface area contributed by atoms with Crippen LogP contribution in [-0.4, -0.2) is 11.7 Å². The highest BCUT2D eigenvalue weighted by molar-refractivity contribution is 9.10. The zero-order valence-corrected chi connectivity index (χ0v) is 14.2. The monoisotopic (exact) mass is 349 g/mol. The van der Waals surface area contributed by atoms with Gasteiger partial charge in [-0.15, -0.1) is 0 Å². The van der Waals surface area contributed by atoms with E-state index in [2.05, 4.69) is 41.9 Å². The summed E-state index contributed by atoms with van der Waals surface area (Å²) >= 11 is 3.35. The van der Waals surface area contributed by atoms with Gasteiger partial charge in [-0.2, -0.15) is 0 Å². The predicted molar refractivity (Wildman–Crippen MR) is 86.2 cm³/mol. The molecule has 0 aromatic heterocycles. The summed E-state index contributed by atoms with van der Waals surface area (Å²) in [5.74, 6) is 0.270. The van der Waals surface area contributed by atoms with Crippen LogP contribution in [0.5, 0.6) is 0 Å². The Morgan fingerprint density at radius 2 is 1.95 bits per heavy atom. The van der Waals surface area contributed by atoms with Crippen molar-refractivity contribution in [3.63, 3.8) is 0 Å². The van der Waals surface area contributed by atoms with Crippen molar-refractivity contribution >= 4 is 27.6 Å². The molecule has 0 amide bonds. The third-order valence-electron chi connectivity index (χ3n) is 5.83. The molecule has 0 unspecified atom stereocenters. The van der Waals surface area contributed by atoms with Gasteiger partial charge in [0.05, 0.1) is 11.3 Å². The van der Waals surface area contributed by atoms with Crippen LogP contribution in [0.15, 0.2) is 33.9 Å². The van der Waals surface area contributed by atoms with Crippen LogP contribution < -0.4 is 0 Å². The van der Waals surface area contributed by atoms with Crippen molar-refractivity contribution in [3.8, 4) is 0 Å². The minimum Gasteiger partial charge on any atom is -0.313 e. The van der Waals surface area contributed by atoms with Crippen molar-refractivity contribution in [1.82, 2.24) is 0 Å². The number of hydrogen-bond donors (Lipinski definition) is 0. The molecule has 0 aliphatic heterocycles. The van der Waals surface area contributed by atoms with Crippen LogP contribution in [0, 0.1) is 16.7 Å². The predicted octanol–water partition coefficient (Wildman–Crippen LogP) is 4.81. The van der Waals surface area contributed by atoms with Crippen molar-refractivity contribution in [3.05, 3.63) is 34.3 Å². The first-order valence-corrected chi connectivity index (χ1v) is 8.18. The second kappa shape index (κ2) is 4.94. The maximum atomic E-state index is 12.0. The van der Waals surface area contributed by atoms with Gasteiger partial charge in [0.2, 0.25) is 0 Å². The SMILES string of the molecule is CC1(C)[C@@H]2CC[C@@]1(C)C(=NOC(=O)c1ccc(Br)cc1)C2. The van der Waals surface area contributed by atoms with Crippen molar-refractivity contribution in [2.75, 3.05) is 0 Å². The van der Waals surface area contributed by atoms with Gasteiger partial charge in [0.1, 0.15) is 0 Å². The summed E-state index contributed by atoms with van der Waals surface area (Å²) in [6.07, 6.45) is 3.35. The van der Waals surface area contributed by atoms with Gasteiger partial charge in [0.25, 0.3) is 0 Å². The van der Waals surface area contributed by atoms with Gasteiger partial charge in [-0.25, -0.2) is 4.79 Å². The molecule has 0 radical (unpaired) electrons. The summed E-state index contributed by atoms with van der Waals surface area (Å²) < 4.78 is 0.938. The Morgan fingerprint density at radius 3 is 2.48 bits per heavy atom. The second-order valence-corrected chi connectivity index (χ2v) is 7.83. The number of carbonyl (C=O) groups excluding carboxylic acids is 1. The highest BCUT2D eigenvalue weighted by Crippen LogP contribution is 2.63. The van der Waals surface area contributed by atoms with Gasteiger partial charge in [0.15, 0.2) is 0 Å². The largest absolute Gasteiger partial charge is 0.365 e. The van der Waals surface area contributed by atoms with E-state index in [0.29, 0.717) is 11.5 Å². The summed E-state index contributed by atoms with van der Waals surface area (Å²) in [7, 11) is 0. The molecule has 2 bridgehead atoms. The van der Waals surface area contributed by atoms with Crippen molar-refractivity contribution in [1.29, 1.82) is 0 Å². The molecule has 0 N–H and O–H groups in total. The first-order chi connectivity index (χ1) is 9.84. The summed E-state index contributed by atoms with van der Waals surface area (Å²) in [4.78, 5) is 17.2. The van der Waals surface area contributed by atoms with Crippen LogP contribution in [0.2, 0.25) is 0 Å². The number of nitrogens with zero attached hydrogens (tertiary/aromatic N) is 1. The Kier molecular flexibility index (Phi) is 3.47. The minimum atomic E-state index is -0.390. The lowest BCUT2D eigenvalue weighted by Crippen LogP contribution is -2.32. The Balaban J connectivity index is 1.76. The van der Waals surface area contributed by atoms with E-state index < -0.39 is 0 Å². The number of benzene rings is 1. The molecule has 0 spiro atoms. The topological polar surface area (TPSA) is 38.7 Å². The first kappa shape index (κ1) is 14.8. The quantitative estimate of drug-likeness (QED) is 0.567. The van der Waals surface area contributed by atoms with Gasteiger partial charge < -0.3 is 4.84 Å². The number of rotatable bonds is 2. The first-order valence-electron chi connectivity index (χ1n) is 7.39.